The predicted octanol–water partition coefficient (Wildman–Crippen LogP) is 4.85. The Morgan fingerprint density at radius 2 is 1.89 bits per heavy atom. The van der Waals surface area contributed by atoms with Gasteiger partial charge in [-0.2, -0.15) is 0 Å². The molecule has 0 aliphatic carbocycles. The summed E-state index contributed by atoms with van der Waals surface area (Å²) in [5.41, 5.74) is 4.67. The molecule has 136 valence electrons. The maximum absolute atomic E-state index is 12.4. The lowest BCUT2D eigenvalue weighted by atomic mass is 9.99. The zero-order valence-corrected chi connectivity index (χ0v) is 15.1. The van der Waals surface area contributed by atoms with Crippen molar-refractivity contribution in [1.82, 2.24) is 4.57 Å². The molecule has 0 saturated carbocycles. The van der Waals surface area contributed by atoms with Crippen molar-refractivity contribution in [2.24, 2.45) is 0 Å². The zero-order valence-electron chi connectivity index (χ0n) is 15.1. The molecule has 0 spiro atoms. The molecule has 0 saturated heterocycles. The van der Waals surface area contributed by atoms with Crippen LogP contribution in [-0.4, -0.2) is 10.4 Å². The van der Waals surface area contributed by atoms with Crippen LogP contribution in [0.1, 0.15) is 15.9 Å². The number of nitrogens with zero attached hydrogens (tertiary/aromatic N) is 1. The van der Waals surface area contributed by atoms with Gasteiger partial charge in [0.05, 0.1) is 11.3 Å². The summed E-state index contributed by atoms with van der Waals surface area (Å²) in [5.74, 6) is 0.351. The number of pyridine rings is 1. The first-order valence-corrected chi connectivity index (χ1v) is 9.18. The molecule has 5 rings (SSSR count). The number of rotatable bonds is 3. The number of hydrogen-bond acceptors (Lipinski definition) is 3. The van der Waals surface area contributed by atoms with E-state index in [0.717, 1.165) is 34.1 Å². The zero-order chi connectivity index (χ0) is 19.3. The summed E-state index contributed by atoms with van der Waals surface area (Å²) < 4.78 is 8.11. The second kappa shape index (κ2) is 6.20. The minimum atomic E-state index is -0.358. The average molecular weight is 367 g/mol. The first-order valence-electron chi connectivity index (χ1n) is 9.18. The minimum Gasteiger partial charge on any atom is -0.454 e. The molecule has 1 aliphatic heterocycles. The molecule has 2 aromatic heterocycles. The molecule has 2 aromatic carbocycles. The molecule has 3 heterocycles. The van der Waals surface area contributed by atoms with Gasteiger partial charge in [0.1, 0.15) is 5.58 Å². The Balaban J connectivity index is 1.68. The molecule has 0 atom stereocenters. The number of fused-ring (bicyclic) bond motifs is 5. The molecular weight excluding hydrogens is 350 g/mol. The van der Waals surface area contributed by atoms with Crippen molar-refractivity contribution >= 4 is 16.8 Å². The number of carbonyl (C=O) groups excluding carboxylic acids is 1. The van der Waals surface area contributed by atoms with Crippen molar-refractivity contribution in [3.63, 3.8) is 0 Å². The van der Waals surface area contributed by atoms with Gasteiger partial charge in [0.2, 0.25) is 0 Å². The van der Waals surface area contributed by atoms with E-state index in [9.17, 15) is 9.59 Å². The fourth-order valence-electron chi connectivity index (χ4n) is 3.90. The lowest BCUT2D eigenvalue weighted by Gasteiger charge is -2.18. The van der Waals surface area contributed by atoms with Crippen LogP contribution < -0.4 is 5.43 Å². The van der Waals surface area contributed by atoms with Gasteiger partial charge >= 0.3 is 0 Å². The van der Waals surface area contributed by atoms with Crippen LogP contribution in [0.4, 0.5) is 0 Å². The fraction of sp³-hybridized carbons (Fsp3) is 0.0833. The van der Waals surface area contributed by atoms with Gasteiger partial charge < -0.3 is 8.98 Å². The van der Waals surface area contributed by atoms with Gasteiger partial charge in [-0.1, -0.05) is 49.0 Å². The lowest BCUT2D eigenvalue weighted by Crippen LogP contribution is -2.20. The molecule has 0 bridgehead atoms. The largest absolute Gasteiger partial charge is 0.454 e. The third-order valence-electron chi connectivity index (χ3n) is 5.31. The first kappa shape index (κ1) is 16.5. The van der Waals surface area contributed by atoms with Crippen LogP contribution in [-0.2, 0) is 13.0 Å². The van der Waals surface area contributed by atoms with Crippen molar-refractivity contribution in [2.75, 3.05) is 0 Å². The summed E-state index contributed by atoms with van der Waals surface area (Å²) in [4.78, 5) is 24.4. The van der Waals surface area contributed by atoms with Crippen molar-refractivity contribution in [3.8, 4) is 22.6 Å². The number of aryl methyl sites for hydroxylation is 2. The standard InChI is InChI=1S/C24H17NO3/c1-2-21(26)19-14-25-11-10-18-17-9-8-16(15-6-4-3-5-7-15)12-23(17)28-24(18)20(25)13-22(19)27/h2-9,12-14H,1,10-11H2. The summed E-state index contributed by atoms with van der Waals surface area (Å²) >= 11 is 0. The Morgan fingerprint density at radius 1 is 1.07 bits per heavy atom. The molecule has 0 amide bonds. The smallest absolute Gasteiger partial charge is 0.193 e. The van der Waals surface area contributed by atoms with E-state index in [-0.39, 0.29) is 16.8 Å². The van der Waals surface area contributed by atoms with E-state index >= 15 is 0 Å². The maximum atomic E-state index is 12.4. The van der Waals surface area contributed by atoms with Gasteiger partial charge in [0.15, 0.2) is 17.0 Å². The topological polar surface area (TPSA) is 52.2 Å². The molecule has 0 fully saturated rings. The molecule has 0 unspecified atom stereocenters. The third-order valence-corrected chi connectivity index (χ3v) is 5.31. The van der Waals surface area contributed by atoms with Crippen LogP contribution in [0, 0.1) is 0 Å². The van der Waals surface area contributed by atoms with Gasteiger partial charge in [-0.15, -0.1) is 0 Å². The van der Waals surface area contributed by atoms with E-state index in [2.05, 4.69) is 30.8 Å². The highest BCUT2D eigenvalue weighted by molar-refractivity contribution is 6.04. The van der Waals surface area contributed by atoms with Gasteiger partial charge in [-0.3, -0.25) is 9.59 Å². The van der Waals surface area contributed by atoms with Crippen molar-refractivity contribution in [3.05, 3.63) is 94.8 Å². The Hall–Kier alpha value is -3.66. The summed E-state index contributed by atoms with van der Waals surface area (Å²) in [6, 6.07) is 17.9. The van der Waals surface area contributed by atoms with E-state index in [0.29, 0.717) is 18.0 Å². The summed E-state index contributed by atoms with van der Waals surface area (Å²) in [6.07, 6.45) is 3.57. The third kappa shape index (κ3) is 2.46. The Kier molecular flexibility index (Phi) is 3.66. The number of ketones is 1. The predicted molar refractivity (Wildman–Crippen MR) is 110 cm³/mol. The SMILES string of the molecule is C=CC(=O)c1cn2c(cc1=O)-c1oc3cc(-c4ccccc4)ccc3c1CC2. The van der Waals surface area contributed by atoms with Crippen molar-refractivity contribution in [2.45, 2.75) is 13.0 Å². The minimum absolute atomic E-state index is 0.143. The maximum Gasteiger partial charge on any atom is 0.193 e. The molecule has 4 nitrogen and oxygen atoms in total. The van der Waals surface area contributed by atoms with Crippen LogP contribution in [0.25, 0.3) is 33.6 Å². The molecule has 28 heavy (non-hydrogen) atoms. The van der Waals surface area contributed by atoms with E-state index in [1.165, 1.54) is 12.1 Å². The highest BCUT2D eigenvalue weighted by atomic mass is 16.3. The van der Waals surface area contributed by atoms with Gasteiger partial charge in [-0.25, -0.2) is 0 Å². The van der Waals surface area contributed by atoms with E-state index in [4.69, 9.17) is 4.42 Å². The number of furan rings is 1. The van der Waals surface area contributed by atoms with Crippen LogP contribution >= 0.6 is 0 Å². The number of carbonyl (C=O) groups is 1. The molecule has 4 heteroatoms. The van der Waals surface area contributed by atoms with Crippen LogP contribution in [0.2, 0.25) is 0 Å². The summed E-state index contributed by atoms with van der Waals surface area (Å²) in [7, 11) is 0. The summed E-state index contributed by atoms with van der Waals surface area (Å²) in [5, 5.41) is 1.07. The van der Waals surface area contributed by atoms with Crippen LogP contribution in [0.3, 0.4) is 0 Å². The lowest BCUT2D eigenvalue weighted by molar-refractivity contribution is 0.104. The van der Waals surface area contributed by atoms with Crippen molar-refractivity contribution < 1.29 is 9.21 Å². The number of hydrogen-bond donors (Lipinski definition) is 0. The van der Waals surface area contributed by atoms with E-state index in [1.807, 2.05) is 28.8 Å². The first-order chi connectivity index (χ1) is 13.7. The molecule has 1 aliphatic rings. The second-order valence-electron chi connectivity index (χ2n) is 6.94. The molecular formula is C24H17NO3. The fourth-order valence-corrected chi connectivity index (χ4v) is 3.90. The normalized spacial score (nSPS) is 12.4. The highest BCUT2D eigenvalue weighted by Gasteiger charge is 2.24. The highest BCUT2D eigenvalue weighted by Crippen LogP contribution is 2.38. The van der Waals surface area contributed by atoms with Crippen LogP contribution in [0.5, 0.6) is 0 Å². The van der Waals surface area contributed by atoms with Crippen LogP contribution in [0.15, 0.2) is 82.7 Å². The Bertz CT molecular complexity index is 1310. The van der Waals surface area contributed by atoms with E-state index in [1.54, 1.807) is 6.20 Å². The number of allylic oxidation sites excluding steroid dienone is 1. The number of aromatic nitrogens is 1. The Morgan fingerprint density at radius 3 is 2.68 bits per heavy atom. The van der Waals surface area contributed by atoms with Crippen molar-refractivity contribution in [1.29, 1.82) is 0 Å². The quantitative estimate of drug-likeness (QED) is 0.384. The van der Waals surface area contributed by atoms with Gasteiger partial charge in [0, 0.05) is 29.8 Å². The van der Waals surface area contributed by atoms with Gasteiger partial charge in [0.25, 0.3) is 0 Å². The monoisotopic (exact) mass is 367 g/mol. The van der Waals surface area contributed by atoms with Gasteiger partial charge in [-0.05, 0) is 29.7 Å². The summed E-state index contributed by atoms with van der Waals surface area (Å²) in [6.45, 7) is 4.16. The number of benzene rings is 2. The molecule has 4 aromatic rings. The van der Waals surface area contributed by atoms with E-state index < -0.39 is 0 Å². The second-order valence-corrected chi connectivity index (χ2v) is 6.94. The Labute approximate surface area is 161 Å². The molecule has 0 radical (unpaired) electrons. The average Bonchev–Trinajstić information content (AvgIpc) is 3.11. The molecule has 0 N–H and O–H groups in total.